The monoisotopic (exact) mass is 890 g/mol. The molecule has 0 amide bonds. The highest BCUT2D eigenvalue weighted by Gasteiger charge is 2.40. The van der Waals surface area contributed by atoms with Gasteiger partial charge in [-0.15, -0.1) is 0 Å². The Morgan fingerprint density at radius 1 is 0.472 bits per heavy atom. The van der Waals surface area contributed by atoms with Crippen LogP contribution in [0.2, 0.25) is 0 Å². The van der Waals surface area contributed by atoms with Crippen molar-refractivity contribution >= 4 is 30.4 Å². The van der Waals surface area contributed by atoms with Crippen LogP contribution in [0.1, 0.15) is 63.8 Å². The maximum absolute atomic E-state index is 14.5. The van der Waals surface area contributed by atoms with Crippen LogP contribution in [-0.4, -0.2) is 25.3 Å². The standard InChI is InChI=1S/C40H43IO9S3/c1-28-9-22-35(23-10-28)51(42,43)48-34-21-26-37(49-52(44,45)36-24-11-29(2)12-25-36)38(27-34)53(46,47)50-41(32-17-13-30(14-18-32)39(3,4)5)33-19-15-31(16-20-33)40(6,7)8/h9-27H,1-8H3/q+1. The van der Waals surface area contributed by atoms with Crippen LogP contribution in [-0.2, 0) is 43.7 Å². The molecular weight excluding hydrogens is 848 g/mol. The summed E-state index contributed by atoms with van der Waals surface area (Å²) in [6.45, 7) is 16.0. The zero-order valence-corrected chi connectivity index (χ0v) is 35.4. The summed E-state index contributed by atoms with van der Waals surface area (Å²) < 4.78 is 101. The van der Waals surface area contributed by atoms with Crippen LogP contribution in [0.4, 0.5) is 0 Å². The highest BCUT2D eigenvalue weighted by Crippen LogP contribution is 2.33. The van der Waals surface area contributed by atoms with E-state index in [1.165, 1.54) is 24.3 Å². The van der Waals surface area contributed by atoms with Crippen molar-refractivity contribution < 1.29 is 56.4 Å². The summed E-state index contributed by atoms with van der Waals surface area (Å²) in [6, 6.07) is 30.0. The minimum absolute atomic E-state index is 0.156. The van der Waals surface area contributed by atoms with Crippen molar-refractivity contribution in [3.63, 3.8) is 0 Å². The second kappa shape index (κ2) is 15.2. The molecule has 1 radical (unpaired) electrons. The SMILES string of the molecule is Cc1ccc(S(=O)(=O)Oc2ccc(OS(=O)(=O)c3ccc(C)cc3)c(S(=O)(=O)O[I+](c3ccc(C(C)(C)C)cc3)c3ccc(C(C)(C)C)cc3)c2)cc1. The molecule has 281 valence electrons. The summed E-state index contributed by atoms with van der Waals surface area (Å²) in [5.74, 6) is -0.982. The topological polar surface area (TPSA) is 130 Å². The quantitative estimate of drug-likeness (QED) is 0.126. The molecule has 0 bridgehead atoms. The molecule has 13 heteroatoms. The summed E-state index contributed by atoms with van der Waals surface area (Å²) in [6.07, 6.45) is 0. The van der Waals surface area contributed by atoms with Crippen molar-refractivity contribution in [3.8, 4) is 11.5 Å². The van der Waals surface area contributed by atoms with Gasteiger partial charge in [-0.2, -0.15) is 25.3 Å². The highest BCUT2D eigenvalue weighted by molar-refractivity contribution is 7.88. The van der Waals surface area contributed by atoms with E-state index in [-0.39, 0.29) is 20.6 Å². The fraction of sp³-hybridized carbons (Fsp3) is 0.250. The van der Waals surface area contributed by atoms with Crippen LogP contribution >= 0.6 is 0 Å². The molecule has 0 saturated carbocycles. The average molecular weight is 891 g/mol. The van der Waals surface area contributed by atoms with Gasteiger partial charge in [0.15, 0.2) is 12.9 Å². The lowest BCUT2D eigenvalue weighted by atomic mass is 9.87. The molecule has 5 aromatic carbocycles. The van der Waals surface area contributed by atoms with Crippen LogP contribution in [0.15, 0.2) is 130 Å². The molecule has 0 unspecified atom stereocenters. The first kappa shape index (κ1) is 40.4. The van der Waals surface area contributed by atoms with Gasteiger partial charge in [-0.05, 0) is 99.0 Å². The molecule has 0 aliphatic rings. The normalized spacial score (nSPS) is 12.8. The first-order valence-corrected chi connectivity index (χ1v) is 23.8. The highest BCUT2D eigenvalue weighted by atomic mass is 127. The van der Waals surface area contributed by atoms with Crippen molar-refractivity contribution in [1.82, 2.24) is 0 Å². The van der Waals surface area contributed by atoms with Crippen molar-refractivity contribution in [2.45, 2.75) is 80.9 Å². The predicted molar refractivity (Wildman–Crippen MR) is 200 cm³/mol. The molecule has 5 rings (SSSR count). The Bertz CT molecular complexity index is 2360. The second-order valence-electron chi connectivity index (χ2n) is 14.6. The van der Waals surface area contributed by atoms with Gasteiger partial charge in [-0.1, -0.05) is 101 Å². The van der Waals surface area contributed by atoms with E-state index < -0.39 is 67.0 Å². The third kappa shape index (κ3) is 9.87. The fourth-order valence-corrected chi connectivity index (χ4v) is 13.9. The number of rotatable bonds is 11. The molecule has 9 nitrogen and oxygen atoms in total. The van der Waals surface area contributed by atoms with Gasteiger partial charge in [0.2, 0.25) is 0 Å². The van der Waals surface area contributed by atoms with E-state index in [1.807, 2.05) is 48.5 Å². The number of halogens is 1. The molecule has 0 aliphatic heterocycles. The van der Waals surface area contributed by atoms with E-state index in [4.69, 9.17) is 10.9 Å². The van der Waals surface area contributed by atoms with E-state index in [2.05, 4.69) is 41.5 Å². The Morgan fingerprint density at radius 3 is 1.26 bits per heavy atom. The molecule has 0 saturated heterocycles. The molecule has 0 heterocycles. The lowest BCUT2D eigenvalue weighted by Crippen LogP contribution is -3.85. The predicted octanol–water partition coefficient (Wildman–Crippen LogP) is 5.42. The fourth-order valence-electron chi connectivity index (χ4n) is 5.00. The lowest BCUT2D eigenvalue weighted by molar-refractivity contribution is -1.03. The minimum Gasteiger partial charge on any atom is -0.379 e. The Hall–Kier alpha value is -3.76. The number of hydrogen-bond donors (Lipinski definition) is 0. The molecule has 0 spiro atoms. The van der Waals surface area contributed by atoms with Gasteiger partial charge in [-0.3, -0.25) is 0 Å². The van der Waals surface area contributed by atoms with E-state index in [0.717, 1.165) is 40.5 Å². The summed E-state index contributed by atoms with van der Waals surface area (Å²) in [7, 11) is -13.8. The van der Waals surface area contributed by atoms with E-state index >= 15 is 0 Å². The number of benzene rings is 5. The van der Waals surface area contributed by atoms with Crippen LogP contribution in [0.3, 0.4) is 0 Å². The first-order chi connectivity index (χ1) is 24.5. The third-order valence-electron chi connectivity index (χ3n) is 8.17. The zero-order chi connectivity index (χ0) is 39.0. The van der Waals surface area contributed by atoms with E-state index in [9.17, 15) is 25.3 Å². The summed E-state index contributed by atoms with van der Waals surface area (Å²) >= 11 is -3.34. The van der Waals surface area contributed by atoms with Gasteiger partial charge in [0.05, 0.1) is 0 Å². The Labute approximate surface area is 321 Å². The van der Waals surface area contributed by atoms with Crippen molar-refractivity contribution in [3.05, 3.63) is 145 Å². The van der Waals surface area contributed by atoms with Crippen LogP contribution in [0, 0.1) is 21.0 Å². The molecule has 5 aromatic rings. The zero-order valence-electron chi connectivity index (χ0n) is 30.7. The van der Waals surface area contributed by atoms with Crippen LogP contribution in [0.25, 0.3) is 0 Å². The molecule has 0 fully saturated rings. The molecule has 0 aliphatic carbocycles. The summed E-state index contributed by atoms with van der Waals surface area (Å²) in [5, 5.41) is 0. The second-order valence-corrected chi connectivity index (χ2v) is 24.1. The van der Waals surface area contributed by atoms with Gasteiger partial charge in [-0.25, -0.2) is 0 Å². The third-order valence-corrected chi connectivity index (χ3v) is 18.0. The van der Waals surface area contributed by atoms with Gasteiger partial charge in [0.1, 0.15) is 20.4 Å². The largest absolute Gasteiger partial charge is 0.379 e. The molecular formula is C40H43IO9S3+. The van der Waals surface area contributed by atoms with E-state index in [0.29, 0.717) is 7.14 Å². The lowest BCUT2D eigenvalue weighted by Gasteiger charge is -2.19. The van der Waals surface area contributed by atoms with Gasteiger partial charge < -0.3 is 8.37 Å². The van der Waals surface area contributed by atoms with Crippen LogP contribution in [0.5, 0.6) is 11.5 Å². The van der Waals surface area contributed by atoms with Crippen molar-refractivity contribution in [1.29, 1.82) is 0 Å². The number of hydrogen-bond acceptors (Lipinski definition) is 9. The Balaban J connectivity index is 1.63. The van der Waals surface area contributed by atoms with Crippen molar-refractivity contribution in [2.75, 3.05) is 0 Å². The minimum atomic E-state index is -4.87. The average Bonchev–Trinajstić information content (AvgIpc) is 3.07. The maximum atomic E-state index is 14.5. The summed E-state index contributed by atoms with van der Waals surface area (Å²) in [5.41, 5.74) is 3.39. The summed E-state index contributed by atoms with van der Waals surface area (Å²) in [4.78, 5) is -1.08. The maximum Gasteiger partial charge on any atom is 0.340 e. The van der Waals surface area contributed by atoms with Crippen LogP contribution < -0.4 is 28.6 Å². The Morgan fingerprint density at radius 2 is 0.868 bits per heavy atom. The van der Waals surface area contributed by atoms with Gasteiger partial charge in [0.25, 0.3) is 0 Å². The van der Waals surface area contributed by atoms with Gasteiger partial charge in [0, 0.05) is 6.07 Å². The molecule has 0 N–H and O–H groups in total. The molecule has 53 heavy (non-hydrogen) atoms. The smallest absolute Gasteiger partial charge is 0.340 e. The molecule has 0 atom stereocenters. The Kier molecular flexibility index (Phi) is 11.6. The van der Waals surface area contributed by atoms with Gasteiger partial charge >= 0.3 is 50.6 Å². The number of aryl methyl sites for hydroxylation is 2. The van der Waals surface area contributed by atoms with Crippen molar-refractivity contribution in [2.24, 2.45) is 0 Å². The van der Waals surface area contributed by atoms with E-state index in [1.54, 1.807) is 38.1 Å². The molecule has 0 aromatic heterocycles. The first-order valence-electron chi connectivity index (χ1n) is 16.6.